The molecule has 0 radical (unpaired) electrons. The van der Waals surface area contributed by atoms with Crippen LogP contribution in [0.2, 0.25) is 0 Å². The van der Waals surface area contributed by atoms with Crippen LogP contribution in [0.15, 0.2) is 79.0 Å². The number of amides is 2. The van der Waals surface area contributed by atoms with Gasteiger partial charge in [-0.3, -0.25) is 9.59 Å². The number of anilines is 1. The molecule has 5 rings (SSSR count). The number of benzene rings is 3. The number of fused-ring (bicyclic) bond motifs is 2. The van der Waals surface area contributed by atoms with E-state index in [-0.39, 0.29) is 11.8 Å². The normalized spacial score (nSPS) is 17.3. The Hall–Kier alpha value is -3.90. The van der Waals surface area contributed by atoms with Gasteiger partial charge in [-0.2, -0.15) is 0 Å². The van der Waals surface area contributed by atoms with Gasteiger partial charge in [-0.25, -0.2) is 0 Å². The predicted octanol–water partition coefficient (Wildman–Crippen LogP) is 5.31. The number of methoxy groups -OCH3 is 1. The largest absolute Gasteiger partial charge is 0.383 e. The Morgan fingerprint density at radius 3 is 2.44 bits per heavy atom. The van der Waals surface area contributed by atoms with Crippen LogP contribution in [0.25, 0.3) is 10.9 Å². The first-order valence-electron chi connectivity index (χ1n) is 12.4. The Morgan fingerprint density at radius 2 is 1.69 bits per heavy atom. The van der Waals surface area contributed by atoms with Crippen LogP contribution in [0.3, 0.4) is 0 Å². The summed E-state index contributed by atoms with van der Waals surface area (Å²) in [5, 5.41) is 4.17. The SMILES string of the molecule is CCc1ccc(NC(=O)[C@H]2c3ccccc3C(=O)N(CCOC)[C@@H]2c2cn(C)c3ccccc23)cc1. The lowest BCUT2D eigenvalue weighted by Gasteiger charge is -2.41. The molecule has 0 bridgehead atoms. The molecular weight excluding hydrogens is 450 g/mol. The lowest BCUT2D eigenvalue weighted by molar-refractivity contribution is -0.119. The molecule has 6 nitrogen and oxygen atoms in total. The van der Waals surface area contributed by atoms with Crippen molar-refractivity contribution >= 4 is 28.4 Å². The summed E-state index contributed by atoms with van der Waals surface area (Å²) in [4.78, 5) is 29.6. The van der Waals surface area contributed by atoms with Crippen LogP contribution >= 0.6 is 0 Å². The van der Waals surface area contributed by atoms with Gasteiger partial charge in [-0.1, -0.05) is 55.5 Å². The van der Waals surface area contributed by atoms with Crippen LogP contribution < -0.4 is 5.32 Å². The van der Waals surface area contributed by atoms with Crippen molar-refractivity contribution in [3.8, 4) is 0 Å². The van der Waals surface area contributed by atoms with Crippen molar-refractivity contribution in [2.24, 2.45) is 7.05 Å². The summed E-state index contributed by atoms with van der Waals surface area (Å²) in [6.45, 7) is 2.86. The number of ether oxygens (including phenoxy) is 1. The zero-order valence-corrected chi connectivity index (χ0v) is 20.9. The monoisotopic (exact) mass is 481 g/mol. The molecule has 1 N–H and O–H groups in total. The van der Waals surface area contributed by atoms with Gasteiger partial charge < -0.3 is 19.5 Å². The summed E-state index contributed by atoms with van der Waals surface area (Å²) in [6.07, 6.45) is 2.98. The number of para-hydroxylation sites is 1. The molecule has 0 aliphatic carbocycles. The minimum atomic E-state index is -0.590. The fourth-order valence-electron chi connectivity index (χ4n) is 5.31. The average Bonchev–Trinajstić information content (AvgIpc) is 3.24. The summed E-state index contributed by atoms with van der Waals surface area (Å²) < 4.78 is 7.43. The zero-order valence-electron chi connectivity index (χ0n) is 20.9. The highest BCUT2D eigenvalue weighted by Crippen LogP contribution is 2.45. The number of carbonyl (C=O) groups is 2. The third-order valence-electron chi connectivity index (χ3n) is 7.13. The van der Waals surface area contributed by atoms with Crippen LogP contribution in [-0.4, -0.2) is 41.5 Å². The van der Waals surface area contributed by atoms with E-state index in [1.54, 1.807) is 12.0 Å². The molecule has 0 spiro atoms. The van der Waals surface area contributed by atoms with Crippen molar-refractivity contribution in [3.63, 3.8) is 0 Å². The molecule has 184 valence electrons. The molecule has 0 saturated heterocycles. The minimum absolute atomic E-state index is 0.0862. The van der Waals surface area contributed by atoms with Crippen molar-refractivity contribution < 1.29 is 14.3 Å². The van der Waals surface area contributed by atoms with Crippen LogP contribution in [0.4, 0.5) is 5.69 Å². The van der Waals surface area contributed by atoms with E-state index in [0.29, 0.717) is 18.7 Å². The quantitative estimate of drug-likeness (QED) is 0.389. The molecule has 3 aromatic carbocycles. The fraction of sp³-hybridized carbons (Fsp3) is 0.267. The van der Waals surface area contributed by atoms with Gasteiger partial charge in [0.25, 0.3) is 5.91 Å². The standard InChI is InChI=1S/C30H31N3O3/c1-4-20-13-15-21(16-14-20)31-29(34)27-23-10-5-6-11-24(23)30(35)33(17-18-36-3)28(27)25-19-32(2)26-12-8-7-9-22(25)26/h5-16,19,27-28H,4,17-18H2,1-3H3,(H,31,34)/t27-,28+/m0/s1. The number of nitrogens with zero attached hydrogens (tertiary/aromatic N) is 2. The van der Waals surface area contributed by atoms with E-state index in [4.69, 9.17) is 4.74 Å². The summed E-state index contributed by atoms with van der Waals surface area (Å²) in [6, 6.07) is 23.0. The smallest absolute Gasteiger partial charge is 0.254 e. The van der Waals surface area contributed by atoms with E-state index in [2.05, 4.69) is 28.9 Å². The molecule has 0 saturated carbocycles. The van der Waals surface area contributed by atoms with Crippen molar-refractivity contribution in [2.45, 2.75) is 25.3 Å². The van der Waals surface area contributed by atoms with Gasteiger partial charge in [0, 0.05) is 54.6 Å². The maximum Gasteiger partial charge on any atom is 0.254 e. The Balaban J connectivity index is 1.66. The third kappa shape index (κ3) is 4.18. The number of carbonyl (C=O) groups excluding carboxylic acids is 2. The van der Waals surface area contributed by atoms with Gasteiger partial charge in [0.1, 0.15) is 0 Å². The molecule has 4 aromatic rings. The fourth-order valence-corrected chi connectivity index (χ4v) is 5.31. The first kappa shape index (κ1) is 23.8. The number of hydrogen-bond donors (Lipinski definition) is 1. The predicted molar refractivity (Wildman–Crippen MR) is 142 cm³/mol. The van der Waals surface area contributed by atoms with Gasteiger partial charge in [-0.15, -0.1) is 0 Å². The topological polar surface area (TPSA) is 63.6 Å². The molecule has 0 unspecified atom stereocenters. The number of aryl methyl sites for hydroxylation is 2. The highest BCUT2D eigenvalue weighted by Gasteiger charge is 2.45. The average molecular weight is 482 g/mol. The second-order valence-electron chi connectivity index (χ2n) is 9.25. The first-order valence-corrected chi connectivity index (χ1v) is 12.4. The Morgan fingerprint density at radius 1 is 0.972 bits per heavy atom. The molecule has 2 heterocycles. The van der Waals surface area contributed by atoms with E-state index in [1.807, 2.05) is 73.9 Å². The van der Waals surface area contributed by atoms with Crippen molar-refractivity contribution in [2.75, 3.05) is 25.6 Å². The molecule has 1 aliphatic rings. The summed E-state index contributed by atoms with van der Waals surface area (Å²) in [5.41, 5.74) is 5.27. The zero-order chi connectivity index (χ0) is 25.2. The minimum Gasteiger partial charge on any atom is -0.383 e. The maximum absolute atomic E-state index is 14.1. The van der Waals surface area contributed by atoms with Gasteiger partial charge >= 0.3 is 0 Å². The highest BCUT2D eigenvalue weighted by molar-refractivity contribution is 6.05. The van der Waals surface area contributed by atoms with Gasteiger partial charge in [-0.05, 0) is 41.8 Å². The number of hydrogen-bond acceptors (Lipinski definition) is 3. The van der Waals surface area contributed by atoms with Crippen LogP contribution in [-0.2, 0) is 23.0 Å². The van der Waals surface area contributed by atoms with E-state index < -0.39 is 12.0 Å². The molecule has 0 fully saturated rings. The van der Waals surface area contributed by atoms with Gasteiger partial charge in [0.15, 0.2) is 0 Å². The Labute approximate surface area is 211 Å². The number of rotatable bonds is 7. The third-order valence-corrected chi connectivity index (χ3v) is 7.13. The van der Waals surface area contributed by atoms with Gasteiger partial charge in [0.05, 0.1) is 18.6 Å². The Bertz CT molecular complexity index is 1410. The summed E-state index contributed by atoms with van der Waals surface area (Å²) in [7, 11) is 3.62. The van der Waals surface area contributed by atoms with Crippen molar-refractivity contribution in [1.82, 2.24) is 9.47 Å². The highest BCUT2D eigenvalue weighted by atomic mass is 16.5. The Kier molecular flexibility index (Phi) is 6.61. The maximum atomic E-state index is 14.1. The van der Waals surface area contributed by atoms with Gasteiger partial charge in [0.2, 0.25) is 5.91 Å². The number of aromatic nitrogens is 1. The van der Waals surface area contributed by atoms with Crippen LogP contribution in [0, 0.1) is 0 Å². The second-order valence-corrected chi connectivity index (χ2v) is 9.25. The van der Waals surface area contributed by atoms with Crippen molar-refractivity contribution in [1.29, 1.82) is 0 Å². The van der Waals surface area contributed by atoms with E-state index in [9.17, 15) is 9.59 Å². The molecule has 6 heteroatoms. The summed E-state index contributed by atoms with van der Waals surface area (Å²) >= 11 is 0. The molecule has 1 aromatic heterocycles. The molecule has 2 amide bonds. The lowest BCUT2D eigenvalue weighted by Crippen LogP contribution is -2.47. The summed E-state index contributed by atoms with van der Waals surface area (Å²) in [5.74, 6) is -0.816. The second kappa shape index (κ2) is 9.99. The molecule has 1 aliphatic heterocycles. The van der Waals surface area contributed by atoms with E-state index >= 15 is 0 Å². The molecular formula is C30H31N3O3. The van der Waals surface area contributed by atoms with E-state index in [0.717, 1.165) is 34.1 Å². The number of nitrogens with one attached hydrogen (secondary N) is 1. The first-order chi connectivity index (χ1) is 17.5. The van der Waals surface area contributed by atoms with Crippen molar-refractivity contribution in [3.05, 3.63) is 101 Å². The molecule has 2 atom stereocenters. The van der Waals surface area contributed by atoms with E-state index in [1.165, 1.54) is 5.56 Å². The van der Waals surface area contributed by atoms with Crippen LogP contribution in [0.5, 0.6) is 0 Å². The van der Waals surface area contributed by atoms with Crippen LogP contribution in [0.1, 0.15) is 45.9 Å². The lowest BCUT2D eigenvalue weighted by atomic mass is 9.79. The molecule has 36 heavy (non-hydrogen) atoms.